The zero-order valence-electron chi connectivity index (χ0n) is 11.6. The van der Waals surface area contributed by atoms with Gasteiger partial charge in [-0.25, -0.2) is 4.79 Å². The molecule has 108 valence electrons. The molecule has 7 heteroatoms. The maximum absolute atomic E-state index is 11.2. The summed E-state index contributed by atoms with van der Waals surface area (Å²) in [5.41, 5.74) is 0.310. The summed E-state index contributed by atoms with van der Waals surface area (Å²) in [6.07, 6.45) is 1.16. The summed E-state index contributed by atoms with van der Waals surface area (Å²) in [5, 5.41) is 0. The van der Waals surface area contributed by atoms with Crippen LogP contribution in [0.2, 0.25) is 6.04 Å². The van der Waals surface area contributed by atoms with Gasteiger partial charge in [-0.05, 0) is 13.0 Å². The number of hydrogen-bond acceptors (Lipinski definition) is 6. The monoisotopic (exact) mass is 288 g/mol. The minimum absolute atomic E-state index is 0.0713. The molecule has 0 aliphatic heterocycles. The number of rotatable bonds is 10. The first kappa shape index (κ1) is 17.7. The van der Waals surface area contributed by atoms with E-state index in [1.807, 2.05) is 0 Å². The Hall–Kier alpha value is -1.28. The Bertz CT molecular complexity index is 348. The Labute approximate surface area is 114 Å². The Morgan fingerprint density at radius 1 is 1.26 bits per heavy atom. The highest BCUT2D eigenvalue weighted by Crippen LogP contribution is 2.14. The molecular formula is C12H20O6Si. The van der Waals surface area contributed by atoms with Crippen molar-refractivity contribution in [2.75, 3.05) is 27.4 Å². The highest BCUT2D eigenvalue weighted by Gasteiger charge is 2.39. The molecule has 0 unspecified atom stereocenters. The molecule has 0 heterocycles. The third-order valence-corrected chi connectivity index (χ3v) is 4.92. The van der Waals surface area contributed by atoms with Gasteiger partial charge in [0.2, 0.25) is 0 Å². The van der Waals surface area contributed by atoms with Crippen LogP contribution in [-0.4, -0.2) is 48.0 Å². The molecule has 0 aliphatic carbocycles. The normalized spacial score (nSPS) is 10.9. The van der Waals surface area contributed by atoms with Gasteiger partial charge in [-0.1, -0.05) is 13.2 Å². The second-order valence-electron chi connectivity index (χ2n) is 3.72. The number of carbonyl (C=O) groups excluding carboxylic acids is 2. The van der Waals surface area contributed by atoms with Gasteiger partial charge in [0.25, 0.3) is 0 Å². The van der Waals surface area contributed by atoms with Gasteiger partial charge in [-0.3, -0.25) is 4.79 Å². The standard InChI is InChI=1S/C12H20O6Si/c1-6-11(13)9-18-19(15-4,16-5)8-7-17-12(14)10(2)3/h6H,1-2,7-9H2,3-5H3. The van der Waals surface area contributed by atoms with Crippen LogP contribution < -0.4 is 0 Å². The fourth-order valence-electron chi connectivity index (χ4n) is 1.11. The van der Waals surface area contributed by atoms with Crippen LogP contribution in [0, 0.1) is 0 Å². The average molecular weight is 288 g/mol. The highest BCUT2D eigenvalue weighted by atomic mass is 28.4. The van der Waals surface area contributed by atoms with Crippen LogP contribution in [0.3, 0.4) is 0 Å². The lowest BCUT2D eigenvalue weighted by Crippen LogP contribution is -2.46. The molecule has 0 aromatic rings. The summed E-state index contributed by atoms with van der Waals surface area (Å²) < 4.78 is 20.8. The third kappa shape index (κ3) is 6.44. The molecule has 0 radical (unpaired) electrons. The van der Waals surface area contributed by atoms with Crippen molar-refractivity contribution in [1.29, 1.82) is 0 Å². The van der Waals surface area contributed by atoms with E-state index in [0.717, 1.165) is 6.08 Å². The number of ether oxygens (including phenoxy) is 1. The molecule has 0 aliphatic rings. The first-order valence-electron chi connectivity index (χ1n) is 5.63. The first-order valence-corrected chi connectivity index (χ1v) is 7.56. The summed E-state index contributed by atoms with van der Waals surface area (Å²) in [5.74, 6) is -0.762. The zero-order chi connectivity index (χ0) is 14.9. The molecule has 6 nitrogen and oxygen atoms in total. The van der Waals surface area contributed by atoms with Crippen molar-refractivity contribution in [3.05, 3.63) is 24.8 Å². The largest absolute Gasteiger partial charge is 0.504 e. The molecule has 19 heavy (non-hydrogen) atoms. The molecule has 0 saturated heterocycles. The first-order chi connectivity index (χ1) is 8.90. The average Bonchev–Trinajstić information content (AvgIpc) is 2.42. The van der Waals surface area contributed by atoms with E-state index >= 15 is 0 Å². The molecule has 0 saturated carbocycles. The molecular weight excluding hydrogens is 268 g/mol. The van der Waals surface area contributed by atoms with E-state index in [4.69, 9.17) is 18.0 Å². The Morgan fingerprint density at radius 2 is 1.84 bits per heavy atom. The smallest absolute Gasteiger partial charge is 0.462 e. The molecule has 0 aromatic heterocycles. The lowest BCUT2D eigenvalue weighted by atomic mass is 10.4. The zero-order valence-corrected chi connectivity index (χ0v) is 12.6. The number of ketones is 1. The molecule has 0 aromatic carbocycles. The fourth-order valence-corrected chi connectivity index (χ4v) is 2.78. The van der Waals surface area contributed by atoms with Crippen molar-refractivity contribution < 1.29 is 27.6 Å². The molecule has 0 fully saturated rings. The maximum Gasteiger partial charge on any atom is 0.504 e. The number of esters is 1. The van der Waals surface area contributed by atoms with Crippen molar-refractivity contribution in [1.82, 2.24) is 0 Å². The topological polar surface area (TPSA) is 71.1 Å². The SMILES string of the molecule is C=CC(=O)CO[Si](CCOC(=O)C(=C)C)(OC)OC. The van der Waals surface area contributed by atoms with E-state index in [2.05, 4.69) is 13.2 Å². The van der Waals surface area contributed by atoms with Crippen LogP contribution in [0.4, 0.5) is 0 Å². The summed E-state index contributed by atoms with van der Waals surface area (Å²) in [4.78, 5) is 22.4. The summed E-state index contributed by atoms with van der Waals surface area (Å²) >= 11 is 0. The van der Waals surface area contributed by atoms with Crippen LogP contribution in [0.5, 0.6) is 0 Å². The van der Waals surface area contributed by atoms with Gasteiger partial charge in [-0.2, -0.15) is 0 Å². The van der Waals surface area contributed by atoms with Crippen molar-refractivity contribution in [2.24, 2.45) is 0 Å². The van der Waals surface area contributed by atoms with Crippen LogP contribution >= 0.6 is 0 Å². The number of hydrogen-bond donors (Lipinski definition) is 0. The predicted molar refractivity (Wildman–Crippen MR) is 71.5 cm³/mol. The molecule has 0 atom stereocenters. The van der Waals surface area contributed by atoms with Gasteiger partial charge in [0.15, 0.2) is 5.78 Å². The van der Waals surface area contributed by atoms with Crippen molar-refractivity contribution in [3.8, 4) is 0 Å². The van der Waals surface area contributed by atoms with E-state index in [0.29, 0.717) is 5.57 Å². The molecule has 0 bridgehead atoms. The van der Waals surface area contributed by atoms with Crippen LogP contribution in [0.25, 0.3) is 0 Å². The second kappa shape index (κ2) is 8.76. The Kier molecular flexibility index (Phi) is 8.16. The minimum Gasteiger partial charge on any atom is -0.462 e. The van der Waals surface area contributed by atoms with E-state index < -0.39 is 14.8 Å². The fraction of sp³-hybridized carbons (Fsp3) is 0.500. The summed E-state index contributed by atoms with van der Waals surface area (Å²) in [6, 6.07) is 0.253. The van der Waals surface area contributed by atoms with Crippen molar-refractivity contribution in [3.63, 3.8) is 0 Å². The van der Waals surface area contributed by atoms with E-state index in [-0.39, 0.29) is 25.0 Å². The molecule has 0 amide bonds. The van der Waals surface area contributed by atoms with Crippen LogP contribution in [0.1, 0.15) is 6.92 Å². The van der Waals surface area contributed by atoms with Gasteiger partial charge in [0.1, 0.15) is 6.61 Å². The van der Waals surface area contributed by atoms with Crippen LogP contribution in [-0.2, 0) is 27.6 Å². The second-order valence-corrected chi connectivity index (χ2v) is 6.69. The van der Waals surface area contributed by atoms with Gasteiger partial charge in [-0.15, -0.1) is 0 Å². The van der Waals surface area contributed by atoms with Gasteiger partial charge in [0, 0.05) is 19.8 Å². The quantitative estimate of drug-likeness (QED) is 0.341. The van der Waals surface area contributed by atoms with E-state index in [1.165, 1.54) is 14.2 Å². The van der Waals surface area contributed by atoms with Gasteiger partial charge < -0.3 is 18.0 Å². The Morgan fingerprint density at radius 3 is 2.26 bits per heavy atom. The van der Waals surface area contributed by atoms with Gasteiger partial charge >= 0.3 is 14.8 Å². The van der Waals surface area contributed by atoms with E-state index in [9.17, 15) is 9.59 Å². The molecule has 0 spiro atoms. The minimum atomic E-state index is -3.00. The van der Waals surface area contributed by atoms with Crippen molar-refractivity contribution >= 4 is 20.6 Å². The Balaban J connectivity index is 4.37. The predicted octanol–water partition coefficient (Wildman–Crippen LogP) is 1.11. The summed E-state index contributed by atoms with van der Waals surface area (Å²) in [7, 11) is -0.149. The number of carbonyl (C=O) groups is 2. The highest BCUT2D eigenvalue weighted by molar-refractivity contribution is 6.60. The lowest BCUT2D eigenvalue weighted by Gasteiger charge is -2.25. The van der Waals surface area contributed by atoms with Crippen molar-refractivity contribution in [2.45, 2.75) is 13.0 Å². The lowest BCUT2D eigenvalue weighted by molar-refractivity contribution is -0.138. The molecule has 0 N–H and O–H groups in total. The third-order valence-electron chi connectivity index (χ3n) is 2.27. The molecule has 0 rings (SSSR count). The van der Waals surface area contributed by atoms with E-state index in [1.54, 1.807) is 6.92 Å². The van der Waals surface area contributed by atoms with Crippen LogP contribution in [0.15, 0.2) is 24.8 Å². The van der Waals surface area contributed by atoms with Gasteiger partial charge in [0.05, 0.1) is 12.7 Å². The maximum atomic E-state index is 11.2. The summed E-state index contributed by atoms with van der Waals surface area (Å²) in [6.45, 7) is 8.26.